The van der Waals surface area contributed by atoms with Gasteiger partial charge in [-0.25, -0.2) is 9.67 Å². The number of nitrogens with one attached hydrogen (secondary N) is 1. The number of amides is 1. The zero-order chi connectivity index (χ0) is 17.1. The molecule has 0 bridgehead atoms. The smallest absolute Gasteiger partial charge is 0.390 e. The molecular formula is C12H9BrN8O3. The molecule has 3 aromatic heterocycles. The van der Waals surface area contributed by atoms with Crippen LogP contribution in [0.2, 0.25) is 0 Å². The Morgan fingerprint density at radius 2 is 2.08 bits per heavy atom. The van der Waals surface area contributed by atoms with Gasteiger partial charge in [0.15, 0.2) is 12.4 Å². The van der Waals surface area contributed by atoms with Crippen molar-refractivity contribution < 1.29 is 9.72 Å². The molecule has 0 radical (unpaired) electrons. The predicted molar refractivity (Wildman–Crippen MR) is 84.2 cm³/mol. The van der Waals surface area contributed by atoms with E-state index in [4.69, 9.17) is 0 Å². The number of anilines is 1. The first kappa shape index (κ1) is 15.7. The molecular weight excluding hydrogens is 384 g/mol. The maximum absolute atomic E-state index is 12.1. The summed E-state index contributed by atoms with van der Waals surface area (Å²) >= 11 is 3.26. The maximum Gasteiger partial charge on any atom is 0.491 e. The molecule has 0 spiro atoms. The molecule has 3 heterocycles. The fourth-order valence-corrected chi connectivity index (χ4v) is 2.01. The van der Waals surface area contributed by atoms with Crippen molar-refractivity contribution in [2.75, 3.05) is 5.32 Å². The van der Waals surface area contributed by atoms with E-state index in [1.165, 1.54) is 21.8 Å². The van der Waals surface area contributed by atoms with Crippen molar-refractivity contribution in [3.63, 3.8) is 0 Å². The van der Waals surface area contributed by atoms with Crippen LogP contribution >= 0.6 is 15.9 Å². The van der Waals surface area contributed by atoms with Crippen LogP contribution in [-0.2, 0) is 6.67 Å². The molecule has 0 saturated carbocycles. The highest BCUT2D eigenvalue weighted by Crippen LogP contribution is 2.11. The average Bonchev–Trinajstić information content (AvgIpc) is 3.19. The van der Waals surface area contributed by atoms with Crippen molar-refractivity contribution in [2.45, 2.75) is 6.67 Å². The van der Waals surface area contributed by atoms with Crippen LogP contribution in [0.25, 0.3) is 0 Å². The Balaban J connectivity index is 1.66. The van der Waals surface area contributed by atoms with Gasteiger partial charge in [0.2, 0.25) is 6.33 Å². The van der Waals surface area contributed by atoms with Crippen LogP contribution in [0.3, 0.4) is 0 Å². The molecule has 0 aliphatic heterocycles. The maximum atomic E-state index is 12.1. The second-order valence-electron chi connectivity index (χ2n) is 4.54. The van der Waals surface area contributed by atoms with E-state index >= 15 is 0 Å². The molecule has 1 amide bonds. The SMILES string of the molecule is O=C(Nc1ccc(Br)cn1)c1ccn(Cn2cnc([N+](=O)[O-])n2)n1. The highest BCUT2D eigenvalue weighted by molar-refractivity contribution is 9.10. The first-order valence-corrected chi connectivity index (χ1v) is 7.31. The van der Waals surface area contributed by atoms with Crippen molar-refractivity contribution >= 4 is 33.6 Å². The van der Waals surface area contributed by atoms with Crippen LogP contribution in [-0.4, -0.2) is 40.4 Å². The molecule has 24 heavy (non-hydrogen) atoms. The van der Waals surface area contributed by atoms with Gasteiger partial charge in [0.1, 0.15) is 5.82 Å². The Morgan fingerprint density at radius 3 is 2.75 bits per heavy atom. The topological polar surface area (TPSA) is 134 Å². The van der Waals surface area contributed by atoms with Crippen LogP contribution in [0.1, 0.15) is 10.5 Å². The molecule has 122 valence electrons. The van der Waals surface area contributed by atoms with E-state index in [1.807, 2.05) is 0 Å². The summed E-state index contributed by atoms with van der Waals surface area (Å²) in [5.41, 5.74) is 0.175. The molecule has 1 N–H and O–H groups in total. The third kappa shape index (κ3) is 3.60. The molecule has 3 aromatic rings. The predicted octanol–water partition coefficient (Wildman–Crippen LogP) is 1.30. The standard InChI is InChI=1S/C12H9BrN8O3/c13-8-1-2-10(14-5-8)16-11(22)9-3-4-19(17-9)7-20-6-15-12(18-20)21(23)24/h1-6H,7H2,(H,14,16,22). The lowest BCUT2D eigenvalue weighted by Crippen LogP contribution is -2.15. The minimum atomic E-state index is -0.691. The highest BCUT2D eigenvalue weighted by atomic mass is 79.9. The molecule has 12 heteroatoms. The van der Waals surface area contributed by atoms with Gasteiger partial charge in [-0.2, -0.15) is 9.78 Å². The first-order valence-electron chi connectivity index (χ1n) is 6.51. The largest absolute Gasteiger partial charge is 0.491 e. The zero-order valence-corrected chi connectivity index (χ0v) is 13.5. The third-order valence-electron chi connectivity index (χ3n) is 2.82. The van der Waals surface area contributed by atoms with Gasteiger partial charge in [0, 0.05) is 22.0 Å². The Morgan fingerprint density at radius 1 is 1.25 bits per heavy atom. The second kappa shape index (κ2) is 6.54. The number of nitro groups is 1. The average molecular weight is 393 g/mol. The normalized spacial score (nSPS) is 10.5. The lowest BCUT2D eigenvalue weighted by Gasteiger charge is -2.02. The van der Waals surface area contributed by atoms with Gasteiger partial charge < -0.3 is 15.4 Å². The molecule has 0 aliphatic rings. The van der Waals surface area contributed by atoms with Crippen molar-refractivity contribution in [2.24, 2.45) is 0 Å². The van der Waals surface area contributed by atoms with Crippen molar-refractivity contribution in [3.05, 3.63) is 57.2 Å². The van der Waals surface area contributed by atoms with Crippen LogP contribution in [0.5, 0.6) is 0 Å². The molecule has 0 aliphatic carbocycles. The summed E-state index contributed by atoms with van der Waals surface area (Å²) in [6, 6.07) is 4.91. The number of aromatic nitrogens is 6. The minimum absolute atomic E-state index is 0.0880. The van der Waals surface area contributed by atoms with Gasteiger partial charge in [-0.1, -0.05) is 4.98 Å². The summed E-state index contributed by atoms with van der Waals surface area (Å²) in [4.78, 5) is 29.5. The summed E-state index contributed by atoms with van der Waals surface area (Å²) < 4.78 is 3.44. The van der Waals surface area contributed by atoms with Crippen molar-refractivity contribution in [1.82, 2.24) is 29.5 Å². The summed E-state index contributed by atoms with van der Waals surface area (Å²) in [5.74, 6) is -0.528. The summed E-state index contributed by atoms with van der Waals surface area (Å²) in [6.45, 7) is 0.0880. The van der Waals surface area contributed by atoms with E-state index in [-0.39, 0.29) is 12.4 Å². The Hall–Kier alpha value is -3.15. The Bertz CT molecular complexity index is 888. The molecule has 3 rings (SSSR count). The van der Waals surface area contributed by atoms with E-state index in [2.05, 4.69) is 41.4 Å². The number of hydrogen-bond acceptors (Lipinski definition) is 7. The minimum Gasteiger partial charge on any atom is -0.390 e. The van der Waals surface area contributed by atoms with Gasteiger partial charge in [0.25, 0.3) is 5.91 Å². The number of carbonyl (C=O) groups excluding carboxylic acids is 1. The van der Waals surface area contributed by atoms with Crippen molar-refractivity contribution in [1.29, 1.82) is 0 Å². The first-order chi connectivity index (χ1) is 11.5. The van der Waals surface area contributed by atoms with E-state index in [0.717, 1.165) is 4.47 Å². The van der Waals surface area contributed by atoms with Gasteiger partial charge >= 0.3 is 5.95 Å². The highest BCUT2D eigenvalue weighted by Gasteiger charge is 2.15. The molecule has 11 nitrogen and oxygen atoms in total. The summed E-state index contributed by atoms with van der Waals surface area (Å²) in [7, 11) is 0. The van der Waals surface area contributed by atoms with Crippen molar-refractivity contribution in [3.8, 4) is 0 Å². The van der Waals surface area contributed by atoms with Gasteiger partial charge in [-0.15, -0.1) is 0 Å². The van der Waals surface area contributed by atoms with Gasteiger partial charge in [0.05, 0.1) is 0 Å². The van der Waals surface area contributed by atoms with Crippen LogP contribution in [0, 0.1) is 10.1 Å². The number of rotatable bonds is 5. The van der Waals surface area contributed by atoms with Crippen LogP contribution < -0.4 is 5.32 Å². The second-order valence-corrected chi connectivity index (χ2v) is 5.45. The molecule has 0 unspecified atom stereocenters. The third-order valence-corrected chi connectivity index (χ3v) is 3.29. The van der Waals surface area contributed by atoms with Crippen LogP contribution in [0.15, 0.2) is 41.4 Å². The quantitative estimate of drug-likeness (QED) is 0.510. The van der Waals surface area contributed by atoms with Gasteiger partial charge in [-0.05, 0) is 39.1 Å². The molecule has 0 fully saturated rings. The van der Waals surface area contributed by atoms with E-state index in [0.29, 0.717) is 5.82 Å². The number of pyridine rings is 1. The number of nitrogens with zero attached hydrogens (tertiary/aromatic N) is 7. The fourth-order valence-electron chi connectivity index (χ4n) is 1.78. The molecule has 0 aromatic carbocycles. The van der Waals surface area contributed by atoms with Gasteiger partial charge in [-0.3, -0.25) is 4.79 Å². The number of halogens is 1. The zero-order valence-electron chi connectivity index (χ0n) is 11.9. The summed E-state index contributed by atoms with van der Waals surface area (Å²) in [6.07, 6.45) is 4.33. The van der Waals surface area contributed by atoms with E-state index in [9.17, 15) is 14.9 Å². The number of carbonyl (C=O) groups is 1. The van der Waals surface area contributed by atoms with E-state index in [1.54, 1.807) is 24.5 Å². The lowest BCUT2D eigenvalue weighted by molar-refractivity contribution is -0.394. The molecule has 0 atom stereocenters. The monoisotopic (exact) mass is 392 g/mol. The van der Waals surface area contributed by atoms with Crippen LogP contribution in [0.4, 0.5) is 11.8 Å². The molecule has 0 saturated heterocycles. The number of hydrogen-bond donors (Lipinski definition) is 1. The fraction of sp³-hybridized carbons (Fsp3) is 0.0833. The van der Waals surface area contributed by atoms with E-state index < -0.39 is 16.8 Å². The Kier molecular flexibility index (Phi) is 4.29. The lowest BCUT2D eigenvalue weighted by atomic mass is 10.4. The Labute approximate surface area is 142 Å². The summed E-state index contributed by atoms with van der Waals surface area (Å²) in [5, 5.41) is 20.9.